The number of nitrogens with zero attached hydrogens (tertiary/aromatic N) is 2. The minimum absolute atomic E-state index is 0.137. The summed E-state index contributed by atoms with van der Waals surface area (Å²) in [5.41, 5.74) is 1.24. The lowest BCUT2D eigenvalue weighted by Crippen LogP contribution is -2.46. The average Bonchev–Trinajstić information content (AvgIpc) is 2.67. The van der Waals surface area contributed by atoms with Gasteiger partial charge < -0.3 is 9.84 Å². The van der Waals surface area contributed by atoms with Crippen LogP contribution in [0.4, 0.5) is 0 Å². The van der Waals surface area contributed by atoms with Gasteiger partial charge in [-0.1, -0.05) is 37.3 Å². The number of fused-ring (bicyclic) bond motifs is 1. The van der Waals surface area contributed by atoms with Gasteiger partial charge in [-0.05, 0) is 49.3 Å². The molecule has 0 aliphatic carbocycles. The molecule has 0 saturated carbocycles. The summed E-state index contributed by atoms with van der Waals surface area (Å²) in [6.07, 6.45) is 2.02. The van der Waals surface area contributed by atoms with E-state index in [2.05, 4.69) is 46.2 Å². The van der Waals surface area contributed by atoms with Gasteiger partial charge in [-0.25, -0.2) is 0 Å². The highest BCUT2D eigenvalue weighted by molar-refractivity contribution is 5.87. The van der Waals surface area contributed by atoms with Crippen LogP contribution in [0.2, 0.25) is 0 Å². The van der Waals surface area contributed by atoms with E-state index in [9.17, 15) is 4.79 Å². The first-order valence-corrected chi connectivity index (χ1v) is 9.35. The van der Waals surface area contributed by atoms with E-state index in [1.54, 1.807) is 7.11 Å². The zero-order chi connectivity index (χ0) is 18.5. The van der Waals surface area contributed by atoms with Gasteiger partial charge in [-0.15, -0.1) is 0 Å². The molecule has 1 fully saturated rings. The van der Waals surface area contributed by atoms with Crippen LogP contribution in [-0.4, -0.2) is 60.2 Å². The van der Waals surface area contributed by atoms with Crippen LogP contribution in [0.3, 0.4) is 0 Å². The first kappa shape index (κ1) is 18.7. The Morgan fingerprint density at radius 1 is 1.23 bits per heavy atom. The number of benzene rings is 2. The summed E-state index contributed by atoms with van der Waals surface area (Å²) in [5, 5.41) is 11.6. The molecule has 0 bridgehead atoms. The van der Waals surface area contributed by atoms with Crippen LogP contribution >= 0.6 is 0 Å². The van der Waals surface area contributed by atoms with Crippen LogP contribution in [0.5, 0.6) is 5.75 Å². The van der Waals surface area contributed by atoms with E-state index < -0.39 is 5.97 Å². The van der Waals surface area contributed by atoms with Crippen LogP contribution in [-0.2, 0) is 11.3 Å². The van der Waals surface area contributed by atoms with Crippen molar-refractivity contribution < 1.29 is 14.6 Å². The van der Waals surface area contributed by atoms with E-state index in [-0.39, 0.29) is 6.54 Å². The summed E-state index contributed by atoms with van der Waals surface area (Å²) in [4.78, 5) is 15.6. The fraction of sp³-hybridized carbons (Fsp3) is 0.476. The van der Waals surface area contributed by atoms with Gasteiger partial charge in [0, 0.05) is 18.2 Å². The van der Waals surface area contributed by atoms with Crippen molar-refractivity contribution >= 4 is 16.7 Å². The zero-order valence-corrected chi connectivity index (χ0v) is 15.6. The maximum Gasteiger partial charge on any atom is 0.317 e. The summed E-state index contributed by atoms with van der Waals surface area (Å²) >= 11 is 0. The summed E-state index contributed by atoms with van der Waals surface area (Å²) in [5.74, 6) is 0.196. The topological polar surface area (TPSA) is 53.0 Å². The van der Waals surface area contributed by atoms with Gasteiger partial charge in [-0.2, -0.15) is 0 Å². The summed E-state index contributed by atoms with van der Waals surface area (Å²) in [6, 6.07) is 12.9. The van der Waals surface area contributed by atoms with E-state index in [0.29, 0.717) is 6.04 Å². The number of aliphatic carboxylic acids is 1. The maximum atomic E-state index is 11.0. The monoisotopic (exact) mass is 356 g/mol. The van der Waals surface area contributed by atoms with E-state index in [1.165, 1.54) is 16.3 Å². The Hall–Kier alpha value is -2.11. The summed E-state index contributed by atoms with van der Waals surface area (Å²) < 4.78 is 5.62. The second kappa shape index (κ2) is 8.52. The number of rotatable bonds is 7. The smallest absolute Gasteiger partial charge is 0.317 e. The highest BCUT2D eigenvalue weighted by atomic mass is 16.5. The third kappa shape index (κ3) is 4.17. The Balaban J connectivity index is 1.70. The van der Waals surface area contributed by atoms with E-state index >= 15 is 0 Å². The Morgan fingerprint density at radius 2 is 1.96 bits per heavy atom. The molecule has 5 heteroatoms. The standard InChI is InChI=1S/C21H28N2O3/c1-3-23(15-21(24)25)17-10-12-22(13-11-17)14-19-18-7-5-4-6-16(18)8-9-20(19)26-2/h4-9,17H,3,10-15H2,1-2H3,(H,24,25). The lowest BCUT2D eigenvalue weighted by atomic mass is 9.99. The molecule has 2 aromatic carbocycles. The highest BCUT2D eigenvalue weighted by Crippen LogP contribution is 2.30. The molecule has 0 unspecified atom stereocenters. The lowest BCUT2D eigenvalue weighted by molar-refractivity contribution is -0.139. The molecule has 3 rings (SSSR count). The molecule has 140 valence electrons. The first-order chi connectivity index (χ1) is 12.6. The Bertz CT molecular complexity index is 754. The van der Waals surface area contributed by atoms with Crippen molar-refractivity contribution in [1.82, 2.24) is 9.80 Å². The molecule has 0 spiro atoms. The molecule has 1 N–H and O–H groups in total. The molecule has 5 nitrogen and oxygen atoms in total. The summed E-state index contributed by atoms with van der Waals surface area (Å²) in [6.45, 7) is 5.78. The number of likely N-dealkylation sites (N-methyl/N-ethyl adjacent to an activating group) is 1. The molecule has 26 heavy (non-hydrogen) atoms. The molecular weight excluding hydrogens is 328 g/mol. The minimum Gasteiger partial charge on any atom is -0.496 e. The second-order valence-electron chi connectivity index (χ2n) is 6.93. The molecule has 1 heterocycles. The van der Waals surface area contributed by atoms with E-state index in [4.69, 9.17) is 9.84 Å². The van der Waals surface area contributed by atoms with Crippen molar-refractivity contribution in [2.24, 2.45) is 0 Å². The molecule has 0 amide bonds. The SMILES string of the molecule is CCN(CC(=O)O)C1CCN(Cc2c(OC)ccc3ccccc23)CC1. The number of carbonyl (C=O) groups is 1. The van der Waals surface area contributed by atoms with Crippen LogP contribution in [0.1, 0.15) is 25.3 Å². The Kier molecular flexibility index (Phi) is 6.12. The summed E-state index contributed by atoms with van der Waals surface area (Å²) in [7, 11) is 1.73. The molecular formula is C21H28N2O3. The minimum atomic E-state index is -0.741. The number of likely N-dealkylation sites (tertiary alicyclic amines) is 1. The largest absolute Gasteiger partial charge is 0.496 e. The second-order valence-corrected chi connectivity index (χ2v) is 6.93. The normalized spacial score (nSPS) is 16.3. The maximum absolute atomic E-state index is 11.0. The van der Waals surface area contributed by atoms with Crippen LogP contribution in [0.25, 0.3) is 10.8 Å². The Labute approximate surface area is 155 Å². The average molecular weight is 356 g/mol. The van der Waals surface area contributed by atoms with Gasteiger partial charge in [0.05, 0.1) is 13.7 Å². The van der Waals surface area contributed by atoms with Crippen molar-refractivity contribution in [2.45, 2.75) is 32.4 Å². The van der Waals surface area contributed by atoms with Crippen LogP contribution < -0.4 is 4.74 Å². The third-order valence-electron chi connectivity index (χ3n) is 5.42. The molecule has 0 aromatic heterocycles. The number of ether oxygens (including phenoxy) is 1. The molecule has 2 aromatic rings. The van der Waals surface area contributed by atoms with Crippen molar-refractivity contribution in [1.29, 1.82) is 0 Å². The van der Waals surface area contributed by atoms with Crippen molar-refractivity contribution in [3.63, 3.8) is 0 Å². The van der Waals surface area contributed by atoms with Gasteiger partial charge in [0.2, 0.25) is 0 Å². The fourth-order valence-corrected chi connectivity index (χ4v) is 4.01. The number of hydrogen-bond donors (Lipinski definition) is 1. The van der Waals surface area contributed by atoms with Crippen LogP contribution in [0, 0.1) is 0 Å². The van der Waals surface area contributed by atoms with Gasteiger partial charge in [0.25, 0.3) is 0 Å². The zero-order valence-electron chi connectivity index (χ0n) is 15.6. The first-order valence-electron chi connectivity index (χ1n) is 9.35. The molecule has 0 atom stereocenters. The highest BCUT2D eigenvalue weighted by Gasteiger charge is 2.25. The van der Waals surface area contributed by atoms with Gasteiger partial charge >= 0.3 is 5.97 Å². The predicted octanol–water partition coefficient (Wildman–Crippen LogP) is 3.22. The lowest BCUT2D eigenvalue weighted by Gasteiger charge is -2.37. The van der Waals surface area contributed by atoms with Crippen LogP contribution in [0.15, 0.2) is 36.4 Å². The Morgan fingerprint density at radius 3 is 2.62 bits per heavy atom. The number of methoxy groups -OCH3 is 1. The third-order valence-corrected chi connectivity index (χ3v) is 5.42. The quantitative estimate of drug-likeness (QED) is 0.825. The number of piperidine rings is 1. The van der Waals surface area contributed by atoms with Gasteiger partial charge in [-0.3, -0.25) is 14.6 Å². The molecule has 1 aliphatic rings. The number of carboxylic acids is 1. The van der Waals surface area contributed by atoms with Gasteiger partial charge in [0.1, 0.15) is 5.75 Å². The van der Waals surface area contributed by atoms with E-state index in [0.717, 1.165) is 44.8 Å². The van der Waals surface area contributed by atoms with Crippen molar-refractivity contribution in [2.75, 3.05) is 33.3 Å². The molecule has 1 saturated heterocycles. The predicted molar refractivity (Wildman–Crippen MR) is 104 cm³/mol. The van der Waals surface area contributed by atoms with Crippen molar-refractivity contribution in [3.8, 4) is 5.75 Å². The van der Waals surface area contributed by atoms with E-state index in [1.807, 2.05) is 6.92 Å². The number of carboxylic acid groups (broad SMARTS) is 1. The number of hydrogen-bond acceptors (Lipinski definition) is 4. The molecule has 0 radical (unpaired) electrons. The van der Waals surface area contributed by atoms with Gasteiger partial charge in [0.15, 0.2) is 0 Å². The molecule has 1 aliphatic heterocycles. The fourth-order valence-electron chi connectivity index (χ4n) is 4.01. The van der Waals surface area contributed by atoms with Crippen molar-refractivity contribution in [3.05, 3.63) is 42.0 Å².